The number of carbonyl (C=O) groups is 1. The van der Waals surface area contributed by atoms with Crippen molar-refractivity contribution in [1.29, 1.82) is 0 Å². The Morgan fingerprint density at radius 3 is 2.58 bits per heavy atom. The SMILES string of the molecule is CCCC1(c2cc(F)cc(Oc3cccc(OC)c3)c2)CCC(C)(CCOCC(=O)O)CO1. The molecule has 0 bridgehead atoms. The number of halogens is 1. The Bertz CT molecular complexity index is 936. The summed E-state index contributed by atoms with van der Waals surface area (Å²) in [4.78, 5) is 10.6. The molecule has 1 aliphatic heterocycles. The quantitative estimate of drug-likeness (QED) is 0.419. The molecule has 1 heterocycles. The summed E-state index contributed by atoms with van der Waals surface area (Å²) in [5.74, 6) is 0.287. The minimum atomic E-state index is -0.972. The Balaban J connectivity index is 1.75. The third-order valence-corrected chi connectivity index (χ3v) is 6.23. The van der Waals surface area contributed by atoms with Crippen molar-refractivity contribution in [3.63, 3.8) is 0 Å². The summed E-state index contributed by atoms with van der Waals surface area (Å²) in [5, 5.41) is 8.74. The summed E-state index contributed by atoms with van der Waals surface area (Å²) in [6.07, 6.45) is 3.96. The molecule has 2 unspecified atom stereocenters. The van der Waals surface area contributed by atoms with Crippen molar-refractivity contribution in [2.24, 2.45) is 5.41 Å². The molecule has 33 heavy (non-hydrogen) atoms. The molecule has 0 amide bonds. The van der Waals surface area contributed by atoms with Crippen LogP contribution in [0, 0.1) is 11.2 Å². The number of hydrogen-bond acceptors (Lipinski definition) is 5. The van der Waals surface area contributed by atoms with E-state index in [0.717, 1.165) is 31.2 Å². The van der Waals surface area contributed by atoms with E-state index >= 15 is 0 Å². The lowest BCUT2D eigenvalue weighted by atomic mass is 9.73. The van der Waals surface area contributed by atoms with E-state index in [1.165, 1.54) is 12.1 Å². The third-order valence-electron chi connectivity index (χ3n) is 6.23. The highest BCUT2D eigenvalue weighted by atomic mass is 19.1. The lowest BCUT2D eigenvalue weighted by Crippen LogP contribution is -2.42. The Morgan fingerprint density at radius 2 is 1.91 bits per heavy atom. The van der Waals surface area contributed by atoms with Crippen LogP contribution in [0.15, 0.2) is 42.5 Å². The summed E-state index contributed by atoms with van der Waals surface area (Å²) in [6, 6.07) is 11.9. The van der Waals surface area contributed by atoms with Crippen LogP contribution >= 0.6 is 0 Å². The van der Waals surface area contributed by atoms with E-state index in [2.05, 4.69) is 13.8 Å². The first-order chi connectivity index (χ1) is 15.8. The van der Waals surface area contributed by atoms with Crippen LogP contribution in [-0.4, -0.2) is 38.0 Å². The van der Waals surface area contributed by atoms with Crippen LogP contribution in [0.25, 0.3) is 0 Å². The maximum Gasteiger partial charge on any atom is 0.329 e. The van der Waals surface area contributed by atoms with E-state index < -0.39 is 11.6 Å². The molecule has 1 aliphatic rings. The van der Waals surface area contributed by atoms with Crippen molar-refractivity contribution in [2.45, 2.75) is 51.6 Å². The molecule has 0 spiro atoms. The number of ether oxygens (including phenoxy) is 4. The molecule has 1 saturated heterocycles. The number of methoxy groups -OCH3 is 1. The van der Waals surface area contributed by atoms with Crippen molar-refractivity contribution in [1.82, 2.24) is 0 Å². The van der Waals surface area contributed by atoms with E-state index in [9.17, 15) is 9.18 Å². The number of carboxylic acid groups (broad SMARTS) is 1. The molecule has 3 rings (SSSR count). The molecule has 2 aromatic rings. The summed E-state index contributed by atoms with van der Waals surface area (Å²) in [5.41, 5.74) is 0.0553. The van der Waals surface area contributed by atoms with Crippen LogP contribution in [-0.2, 0) is 19.9 Å². The Hall–Kier alpha value is -2.64. The standard InChI is InChI=1S/C26H33FO6/c1-4-8-26(10-9-25(2,18-32-26)11-12-31-17-24(28)29)19-13-20(27)15-23(14-19)33-22-7-5-6-21(16-22)30-3/h5-7,13-16H,4,8-12,17-18H2,1-3H3,(H,28,29). The molecule has 6 nitrogen and oxygen atoms in total. The largest absolute Gasteiger partial charge is 0.497 e. The zero-order valence-electron chi connectivity index (χ0n) is 19.6. The molecule has 1 fully saturated rings. The predicted molar refractivity (Wildman–Crippen MR) is 122 cm³/mol. The lowest BCUT2D eigenvalue weighted by molar-refractivity contribution is -0.149. The van der Waals surface area contributed by atoms with Gasteiger partial charge in [-0.2, -0.15) is 0 Å². The van der Waals surface area contributed by atoms with Gasteiger partial charge in [0.25, 0.3) is 0 Å². The maximum atomic E-state index is 14.6. The number of benzene rings is 2. The average Bonchev–Trinajstić information content (AvgIpc) is 2.78. The van der Waals surface area contributed by atoms with Gasteiger partial charge in [0.1, 0.15) is 29.7 Å². The van der Waals surface area contributed by atoms with Crippen molar-refractivity contribution in [3.05, 3.63) is 53.8 Å². The molecule has 7 heteroatoms. The van der Waals surface area contributed by atoms with Crippen LogP contribution in [0.1, 0.15) is 51.5 Å². The Morgan fingerprint density at radius 1 is 1.12 bits per heavy atom. The van der Waals surface area contributed by atoms with E-state index in [1.54, 1.807) is 19.2 Å². The van der Waals surface area contributed by atoms with E-state index in [4.69, 9.17) is 24.1 Å². The first-order valence-electron chi connectivity index (χ1n) is 11.3. The summed E-state index contributed by atoms with van der Waals surface area (Å²) in [7, 11) is 1.58. The van der Waals surface area contributed by atoms with E-state index in [-0.39, 0.29) is 17.8 Å². The van der Waals surface area contributed by atoms with Gasteiger partial charge in [-0.1, -0.05) is 26.3 Å². The summed E-state index contributed by atoms with van der Waals surface area (Å²) in [6.45, 7) is 4.77. The van der Waals surface area contributed by atoms with Crippen LogP contribution < -0.4 is 9.47 Å². The topological polar surface area (TPSA) is 74.2 Å². The first kappa shape index (κ1) is 25.0. The fourth-order valence-corrected chi connectivity index (χ4v) is 4.29. The van der Waals surface area contributed by atoms with Crippen LogP contribution in [0.5, 0.6) is 17.2 Å². The molecule has 0 aromatic heterocycles. The number of carboxylic acids is 1. The minimum Gasteiger partial charge on any atom is -0.497 e. The van der Waals surface area contributed by atoms with Gasteiger partial charge >= 0.3 is 5.97 Å². The van der Waals surface area contributed by atoms with Crippen LogP contribution in [0.4, 0.5) is 4.39 Å². The highest BCUT2D eigenvalue weighted by Crippen LogP contribution is 2.47. The monoisotopic (exact) mass is 460 g/mol. The van der Waals surface area contributed by atoms with Crippen molar-refractivity contribution >= 4 is 5.97 Å². The highest BCUT2D eigenvalue weighted by molar-refractivity contribution is 5.67. The molecule has 0 aliphatic carbocycles. The van der Waals surface area contributed by atoms with Gasteiger partial charge in [-0.3, -0.25) is 0 Å². The van der Waals surface area contributed by atoms with E-state index in [1.807, 2.05) is 18.2 Å². The van der Waals surface area contributed by atoms with Gasteiger partial charge in [0.2, 0.25) is 0 Å². The number of rotatable bonds is 11. The Labute approximate surface area is 194 Å². The summed E-state index contributed by atoms with van der Waals surface area (Å²) >= 11 is 0. The van der Waals surface area contributed by atoms with Gasteiger partial charge in [0.05, 0.1) is 19.3 Å². The van der Waals surface area contributed by atoms with Crippen LogP contribution in [0.3, 0.4) is 0 Å². The van der Waals surface area contributed by atoms with Gasteiger partial charge in [0.15, 0.2) is 0 Å². The van der Waals surface area contributed by atoms with E-state index in [0.29, 0.717) is 36.9 Å². The predicted octanol–water partition coefficient (Wildman–Crippen LogP) is 5.93. The van der Waals surface area contributed by atoms with Gasteiger partial charge in [-0.25, -0.2) is 9.18 Å². The number of aliphatic carboxylic acids is 1. The average molecular weight is 461 g/mol. The fourth-order valence-electron chi connectivity index (χ4n) is 4.29. The molecule has 180 valence electrons. The van der Waals surface area contributed by atoms with Crippen molar-refractivity contribution < 1.29 is 33.2 Å². The maximum absolute atomic E-state index is 14.6. The van der Waals surface area contributed by atoms with Crippen LogP contribution in [0.2, 0.25) is 0 Å². The van der Waals surface area contributed by atoms with Gasteiger partial charge < -0.3 is 24.1 Å². The second kappa shape index (κ2) is 11.0. The second-order valence-corrected chi connectivity index (χ2v) is 9.00. The first-order valence-corrected chi connectivity index (χ1v) is 11.3. The van der Waals surface area contributed by atoms with Crippen molar-refractivity contribution in [2.75, 3.05) is 26.9 Å². The van der Waals surface area contributed by atoms with Gasteiger partial charge in [-0.15, -0.1) is 0 Å². The zero-order valence-corrected chi connectivity index (χ0v) is 19.6. The van der Waals surface area contributed by atoms with Crippen molar-refractivity contribution in [3.8, 4) is 17.2 Å². The molecule has 2 atom stereocenters. The second-order valence-electron chi connectivity index (χ2n) is 9.00. The Kier molecular flexibility index (Phi) is 8.32. The molecule has 0 saturated carbocycles. The summed E-state index contributed by atoms with van der Waals surface area (Å²) < 4.78 is 37.5. The molecule has 2 aromatic carbocycles. The minimum absolute atomic E-state index is 0.122. The third kappa shape index (κ3) is 6.68. The normalized spacial score (nSPS) is 22.7. The van der Waals surface area contributed by atoms with Gasteiger partial charge in [0, 0.05) is 18.7 Å². The fraction of sp³-hybridized carbons (Fsp3) is 0.500. The molecular weight excluding hydrogens is 427 g/mol. The molecule has 1 N–H and O–H groups in total. The number of hydrogen-bond donors (Lipinski definition) is 1. The molecular formula is C26H33FO6. The molecule has 0 radical (unpaired) electrons. The smallest absolute Gasteiger partial charge is 0.329 e. The highest BCUT2D eigenvalue weighted by Gasteiger charge is 2.42. The lowest BCUT2D eigenvalue weighted by Gasteiger charge is -2.45. The van der Waals surface area contributed by atoms with Gasteiger partial charge in [-0.05, 0) is 60.9 Å². The zero-order chi connectivity index (χ0) is 23.9.